The first kappa shape index (κ1) is 16.5. The molecule has 1 amide bonds. The second-order valence-corrected chi connectivity index (χ2v) is 6.12. The molecule has 122 valence electrons. The lowest BCUT2D eigenvalue weighted by Crippen LogP contribution is -2.35. The summed E-state index contributed by atoms with van der Waals surface area (Å²) in [5.74, 6) is 1.99. The van der Waals surface area contributed by atoms with Crippen molar-refractivity contribution in [1.82, 2.24) is 15.3 Å². The van der Waals surface area contributed by atoms with Crippen LogP contribution in [0.1, 0.15) is 30.9 Å². The van der Waals surface area contributed by atoms with Gasteiger partial charge in [-0.3, -0.25) is 4.79 Å². The van der Waals surface area contributed by atoms with Crippen molar-refractivity contribution < 1.29 is 4.79 Å². The molecular weight excluding hydrogens is 280 g/mol. The summed E-state index contributed by atoms with van der Waals surface area (Å²) in [6.45, 7) is 0.618. The monoisotopic (exact) mass is 306 g/mol. The number of nitrogens with two attached hydrogens (primary N) is 1. The number of nitrogens with one attached hydrogen (secondary N) is 1. The average molecular weight is 306 g/mol. The van der Waals surface area contributed by atoms with Gasteiger partial charge < -0.3 is 20.9 Å². The molecule has 7 nitrogen and oxygen atoms in total. The highest BCUT2D eigenvalue weighted by molar-refractivity contribution is 5.76. The van der Waals surface area contributed by atoms with Gasteiger partial charge in [0.05, 0.1) is 5.69 Å². The summed E-state index contributed by atoms with van der Waals surface area (Å²) < 4.78 is 0. The molecule has 22 heavy (non-hydrogen) atoms. The second kappa shape index (κ2) is 6.91. The molecule has 0 aromatic carbocycles. The summed E-state index contributed by atoms with van der Waals surface area (Å²) >= 11 is 0. The van der Waals surface area contributed by atoms with Crippen molar-refractivity contribution in [3.05, 3.63) is 11.8 Å². The average Bonchev–Trinajstić information content (AvgIpc) is 2.48. The number of aromatic nitrogens is 2. The number of hydrogen-bond donors (Lipinski definition) is 2. The molecule has 1 heterocycles. The highest BCUT2D eigenvalue weighted by Gasteiger charge is 2.29. The molecule has 1 aliphatic carbocycles. The molecule has 0 radical (unpaired) electrons. The Kier molecular flexibility index (Phi) is 5.18. The third kappa shape index (κ3) is 3.85. The van der Waals surface area contributed by atoms with Crippen LogP contribution >= 0.6 is 0 Å². The van der Waals surface area contributed by atoms with Crippen LogP contribution in [0.5, 0.6) is 0 Å². The first-order valence-electron chi connectivity index (χ1n) is 7.64. The Labute approximate surface area is 131 Å². The van der Waals surface area contributed by atoms with Crippen LogP contribution in [0.3, 0.4) is 0 Å². The van der Waals surface area contributed by atoms with Gasteiger partial charge in [0.15, 0.2) is 0 Å². The molecule has 1 fully saturated rings. The Bertz CT molecular complexity index is 527. The lowest BCUT2D eigenvalue weighted by molar-refractivity contribution is -0.120. The Morgan fingerprint density at radius 3 is 2.59 bits per heavy atom. The van der Waals surface area contributed by atoms with Gasteiger partial charge in [-0.25, -0.2) is 4.98 Å². The number of carbonyl (C=O) groups is 1. The molecule has 1 saturated carbocycles. The van der Waals surface area contributed by atoms with Crippen molar-refractivity contribution >= 4 is 17.7 Å². The van der Waals surface area contributed by atoms with Gasteiger partial charge in [-0.15, -0.1) is 0 Å². The molecule has 1 aromatic heterocycles. The summed E-state index contributed by atoms with van der Waals surface area (Å²) in [6.07, 6.45) is 2.40. The van der Waals surface area contributed by atoms with E-state index < -0.39 is 0 Å². The van der Waals surface area contributed by atoms with Crippen LogP contribution in [0.4, 0.5) is 11.8 Å². The van der Waals surface area contributed by atoms with E-state index in [9.17, 15) is 4.79 Å². The third-order valence-electron chi connectivity index (χ3n) is 4.06. The van der Waals surface area contributed by atoms with E-state index in [4.69, 9.17) is 5.73 Å². The minimum Gasteiger partial charge on any atom is -0.359 e. The Balaban J connectivity index is 2.16. The summed E-state index contributed by atoms with van der Waals surface area (Å²) in [5, 5.41) is 2.63. The first-order chi connectivity index (χ1) is 10.4. The molecule has 0 aliphatic heterocycles. The lowest BCUT2D eigenvalue weighted by atomic mass is 9.78. The van der Waals surface area contributed by atoms with E-state index in [0.29, 0.717) is 24.8 Å². The van der Waals surface area contributed by atoms with Crippen molar-refractivity contribution in [2.24, 2.45) is 5.73 Å². The van der Waals surface area contributed by atoms with Crippen molar-refractivity contribution in [1.29, 1.82) is 0 Å². The van der Waals surface area contributed by atoms with Gasteiger partial charge in [0, 0.05) is 59.2 Å². The quantitative estimate of drug-likeness (QED) is 0.787. The van der Waals surface area contributed by atoms with Gasteiger partial charge in [0.25, 0.3) is 0 Å². The van der Waals surface area contributed by atoms with E-state index >= 15 is 0 Å². The Hall–Kier alpha value is -1.89. The van der Waals surface area contributed by atoms with Crippen LogP contribution in [0.2, 0.25) is 0 Å². The lowest BCUT2D eigenvalue weighted by Gasteiger charge is -2.33. The molecule has 0 atom stereocenters. The fourth-order valence-corrected chi connectivity index (χ4v) is 2.46. The standard InChI is InChI=1S/C15H26N6O/c1-17-14(22)5-6-21(4)13-9-12(10-7-11(16)8-10)18-15(19-13)20(2)3/h9-11H,5-8,16H2,1-4H3,(H,17,22). The van der Waals surface area contributed by atoms with Crippen LogP contribution in [0.15, 0.2) is 6.07 Å². The Morgan fingerprint density at radius 1 is 1.36 bits per heavy atom. The maximum atomic E-state index is 11.4. The summed E-state index contributed by atoms with van der Waals surface area (Å²) in [7, 11) is 7.45. The number of anilines is 2. The van der Waals surface area contributed by atoms with Gasteiger partial charge >= 0.3 is 0 Å². The van der Waals surface area contributed by atoms with E-state index in [0.717, 1.165) is 24.4 Å². The molecule has 2 rings (SSSR count). The van der Waals surface area contributed by atoms with Crippen LogP contribution in [-0.2, 0) is 4.79 Å². The van der Waals surface area contributed by atoms with Crippen molar-refractivity contribution in [3.8, 4) is 0 Å². The zero-order valence-corrected chi connectivity index (χ0v) is 13.8. The van der Waals surface area contributed by atoms with Crippen molar-refractivity contribution in [2.45, 2.75) is 31.2 Å². The zero-order valence-electron chi connectivity index (χ0n) is 13.8. The van der Waals surface area contributed by atoms with E-state index in [1.54, 1.807) is 7.05 Å². The maximum absolute atomic E-state index is 11.4. The van der Waals surface area contributed by atoms with Gasteiger partial charge in [0.2, 0.25) is 11.9 Å². The van der Waals surface area contributed by atoms with Gasteiger partial charge in [0.1, 0.15) is 5.82 Å². The smallest absolute Gasteiger partial charge is 0.227 e. The molecule has 0 unspecified atom stereocenters. The van der Waals surface area contributed by atoms with Crippen molar-refractivity contribution in [2.75, 3.05) is 44.5 Å². The number of hydrogen-bond acceptors (Lipinski definition) is 6. The van der Waals surface area contributed by atoms with E-state index in [1.165, 1.54) is 0 Å². The normalized spacial score (nSPS) is 20.2. The van der Waals surface area contributed by atoms with E-state index in [-0.39, 0.29) is 11.9 Å². The number of amides is 1. The van der Waals surface area contributed by atoms with Crippen molar-refractivity contribution in [3.63, 3.8) is 0 Å². The zero-order chi connectivity index (χ0) is 16.3. The summed E-state index contributed by atoms with van der Waals surface area (Å²) in [6, 6.07) is 2.31. The predicted molar refractivity (Wildman–Crippen MR) is 88.3 cm³/mol. The highest BCUT2D eigenvalue weighted by Crippen LogP contribution is 2.36. The van der Waals surface area contributed by atoms with Crippen LogP contribution in [0.25, 0.3) is 0 Å². The molecule has 0 saturated heterocycles. The van der Waals surface area contributed by atoms with Gasteiger partial charge in [-0.05, 0) is 12.8 Å². The molecule has 7 heteroatoms. The molecule has 0 spiro atoms. The SMILES string of the molecule is CNC(=O)CCN(C)c1cc(C2CC(N)C2)nc(N(C)C)n1. The third-order valence-corrected chi connectivity index (χ3v) is 4.06. The van der Waals surface area contributed by atoms with Gasteiger partial charge in [-0.2, -0.15) is 4.98 Å². The minimum absolute atomic E-state index is 0.0268. The molecule has 1 aromatic rings. The maximum Gasteiger partial charge on any atom is 0.227 e. The summed E-state index contributed by atoms with van der Waals surface area (Å²) in [4.78, 5) is 24.5. The number of carbonyl (C=O) groups excluding carboxylic acids is 1. The van der Waals surface area contributed by atoms with Crippen LogP contribution in [0, 0.1) is 0 Å². The van der Waals surface area contributed by atoms with Crippen LogP contribution < -0.4 is 20.9 Å². The molecule has 0 bridgehead atoms. The topological polar surface area (TPSA) is 87.4 Å². The highest BCUT2D eigenvalue weighted by atomic mass is 16.1. The Morgan fingerprint density at radius 2 is 2.05 bits per heavy atom. The van der Waals surface area contributed by atoms with Crippen LogP contribution in [-0.4, -0.2) is 56.7 Å². The predicted octanol–water partition coefficient (Wildman–Crippen LogP) is 0.320. The first-order valence-corrected chi connectivity index (χ1v) is 7.64. The molecular formula is C15H26N6O. The fraction of sp³-hybridized carbons (Fsp3) is 0.667. The minimum atomic E-state index is 0.0268. The second-order valence-electron chi connectivity index (χ2n) is 6.12. The summed E-state index contributed by atoms with van der Waals surface area (Å²) in [5.41, 5.74) is 6.93. The largest absolute Gasteiger partial charge is 0.359 e. The molecule has 1 aliphatic rings. The molecule has 3 N–H and O–H groups in total. The van der Waals surface area contributed by atoms with E-state index in [2.05, 4.69) is 15.3 Å². The number of nitrogens with zero attached hydrogens (tertiary/aromatic N) is 4. The van der Waals surface area contributed by atoms with Gasteiger partial charge in [-0.1, -0.05) is 0 Å². The van der Waals surface area contributed by atoms with E-state index in [1.807, 2.05) is 37.0 Å². The fourth-order valence-electron chi connectivity index (χ4n) is 2.46. The number of rotatable bonds is 6.